The molecule has 0 aliphatic rings. The Bertz CT molecular complexity index is 1850. The van der Waals surface area contributed by atoms with Crippen LogP contribution in [-0.4, -0.2) is 4.89 Å². The van der Waals surface area contributed by atoms with E-state index in [0.717, 1.165) is 0 Å². The van der Waals surface area contributed by atoms with E-state index in [1.807, 2.05) is 0 Å². The van der Waals surface area contributed by atoms with Crippen molar-refractivity contribution in [2.45, 2.75) is 0 Å². The molecule has 0 radical (unpaired) electrons. The van der Waals surface area contributed by atoms with Gasteiger partial charge >= 0.3 is 0 Å². The molecule has 0 atom stereocenters. The average Bonchev–Trinajstić information content (AvgIpc) is 3.24. The standard InChI is InChI=1S/2C24H20P.H3O4P/c2*1-5-13-21(14-6-1)25(22-15-7-2-8-16-22,23-17-9-3-10-18-23)24-19-11-4-12-20-24;1-5(2,3)4/h2*1-20H;(H3,1,2,3,4)/q2*+1;/p-2. The van der Waals surface area contributed by atoms with Crippen molar-refractivity contribution in [3.63, 3.8) is 0 Å². The van der Waals surface area contributed by atoms with Gasteiger partial charge < -0.3 is 19.2 Å². The lowest BCUT2D eigenvalue weighted by atomic mass is 10.3. The summed E-state index contributed by atoms with van der Waals surface area (Å²) in [7, 11) is -8.95. The van der Waals surface area contributed by atoms with Crippen LogP contribution in [-0.2, 0) is 4.57 Å². The van der Waals surface area contributed by atoms with Gasteiger partial charge in [-0.3, -0.25) is 0 Å². The average molecular weight is 775 g/mol. The van der Waals surface area contributed by atoms with E-state index < -0.39 is 22.3 Å². The van der Waals surface area contributed by atoms with E-state index in [-0.39, 0.29) is 0 Å². The first-order chi connectivity index (χ1) is 26.8. The largest absolute Gasteiger partial charge is 0.790 e. The van der Waals surface area contributed by atoms with Crippen molar-refractivity contribution in [1.29, 1.82) is 0 Å². The topological polar surface area (TPSA) is 83.4 Å². The summed E-state index contributed by atoms with van der Waals surface area (Å²) in [5.74, 6) is 0. The molecule has 1 N–H and O–H groups in total. The third kappa shape index (κ3) is 9.34. The second-order valence-corrected chi connectivity index (χ2v) is 20.2. The van der Waals surface area contributed by atoms with Crippen LogP contribution in [0.2, 0.25) is 0 Å². The fourth-order valence-corrected chi connectivity index (χ4v) is 15.5. The van der Waals surface area contributed by atoms with Crippen LogP contribution in [0.3, 0.4) is 0 Å². The van der Waals surface area contributed by atoms with Gasteiger partial charge in [-0.15, -0.1) is 0 Å². The maximum absolute atomic E-state index is 8.66. The summed E-state index contributed by atoms with van der Waals surface area (Å²) in [6, 6.07) is 87.7. The first-order valence-electron chi connectivity index (χ1n) is 17.8. The number of benzene rings is 8. The molecule has 272 valence electrons. The molecule has 0 fully saturated rings. The summed E-state index contributed by atoms with van der Waals surface area (Å²) >= 11 is 0. The minimum Gasteiger partial charge on any atom is -0.790 e. The van der Waals surface area contributed by atoms with Crippen LogP contribution in [0.25, 0.3) is 0 Å². The Morgan fingerprint density at radius 1 is 0.273 bits per heavy atom. The first-order valence-corrected chi connectivity index (χ1v) is 22.9. The molecule has 0 aliphatic carbocycles. The Morgan fingerprint density at radius 2 is 0.364 bits per heavy atom. The number of rotatable bonds is 8. The Kier molecular flexibility index (Phi) is 13.5. The van der Waals surface area contributed by atoms with Gasteiger partial charge in [0.1, 0.15) is 57.0 Å². The molecule has 0 saturated heterocycles. The summed E-state index contributed by atoms with van der Waals surface area (Å²) < 4.78 is 8.66. The fraction of sp³-hybridized carbons (Fsp3) is 0. The van der Waals surface area contributed by atoms with Crippen LogP contribution in [0.15, 0.2) is 243 Å². The van der Waals surface area contributed by atoms with Gasteiger partial charge in [0.2, 0.25) is 0 Å². The highest BCUT2D eigenvalue weighted by Gasteiger charge is 2.48. The summed E-state index contributed by atoms with van der Waals surface area (Å²) in [6.45, 7) is 0. The third-order valence-electron chi connectivity index (χ3n) is 9.15. The molecule has 8 aromatic carbocycles. The van der Waals surface area contributed by atoms with Crippen molar-refractivity contribution in [2.24, 2.45) is 0 Å². The molecule has 4 nitrogen and oxygen atoms in total. The van der Waals surface area contributed by atoms with Gasteiger partial charge in [-0.1, -0.05) is 146 Å². The third-order valence-corrected chi connectivity index (χ3v) is 17.7. The van der Waals surface area contributed by atoms with Crippen LogP contribution in [0, 0.1) is 0 Å². The quantitative estimate of drug-likeness (QED) is 0.181. The minimum absolute atomic E-state index is 1.39. The van der Waals surface area contributed by atoms with Crippen LogP contribution in [0.5, 0.6) is 0 Å². The van der Waals surface area contributed by atoms with Crippen molar-refractivity contribution in [3.8, 4) is 0 Å². The molecule has 0 saturated carbocycles. The second-order valence-electron chi connectivity index (χ2n) is 12.5. The summed E-state index contributed by atoms with van der Waals surface area (Å²) in [6.07, 6.45) is 0. The van der Waals surface area contributed by atoms with E-state index in [1.54, 1.807) is 0 Å². The molecule has 0 heterocycles. The van der Waals surface area contributed by atoms with Crippen molar-refractivity contribution < 1.29 is 19.2 Å². The van der Waals surface area contributed by atoms with Crippen molar-refractivity contribution in [2.75, 3.05) is 0 Å². The molecule has 0 aliphatic heterocycles. The highest BCUT2D eigenvalue weighted by atomic mass is 31.2. The lowest BCUT2D eigenvalue weighted by molar-refractivity contribution is -0.337. The number of hydrogen-bond donors (Lipinski definition) is 1. The molecule has 0 amide bonds. The maximum atomic E-state index is 8.66. The highest BCUT2D eigenvalue weighted by Crippen LogP contribution is 2.55. The summed E-state index contributed by atoms with van der Waals surface area (Å²) in [5.41, 5.74) is 0. The molecule has 0 aromatic heterocycles. The zero-order valence-electron chi connectivity index (χ0n) is 30.1. The lowest BCUT2D eigenvalue weighted by Crippen LogP contribution is -2.38. The van der Waals surface area contributed by atoms with Crippen molar-refractivity contribution >= 4 is 64.8 Å². The molecule has 55 heavy (non-hydrogen) atoms. The summed E-state index contributed by atoms with van der Waals surface area (Å²) in [4.78, 5) is 24.3. The number of phosphoric acid groups is 1. The molecule has 0 spiro atoms. The highest BCUT2D eigenvalue weighted by molar-refractivity contribution is 8.02. The van der Waals surface area contributed by atoms with Crippen LogP contribution in [0.4, 0.5) is 0 Å². The Morgan fingerprint density at radius 3 is 0.455 bits per heavy atom. The summed E-state index contributed by atoms with van der Waals surface area (Å²) in [5, 5.41) is 11.1. The predicted octanol–water partition coefficient (Wildman–Crippen LogP) is 6.42. The van der Waals surface area contributed by atoms with Crippen LogP contribution in [0.1, 0.15) is 0 Å². The van der Waals surface area contributed by atoms with Gasteiger partial charge in [-0.05, 0) is 97.1 Å². The van der Waals surface area contributed by atoms with Gasteiger partial charge in [0.05, 0.1) is 7.82 Å². The van der Waals surface area contributed by atoms with E-state index in [9.17, 15) is 0 Å². The maximum Gasteiger partial charge on any atom is 0.144 e. The minimum atomic E-state index is -5.14. The van der Waals surface area contributed by atoms with E-state index in [2.05, 4.69) is 243 Å². The molecular formula is C48H41O4P3. The van der Waals surface area contributed by atoms with E-state index in [1.165, 1.54) is 42.4 Å². The van der Waals surface area contributed by atoms with Gasteiger partial charge in [-0.25, -0.2) is 0 Å². The Balaban J connectivity index is 0.000000167. The zero-order chi connectivity index (χ0) is 38.4. The molecule has 7 heteroatoms. The Labute approximate surface area is 325 Å². The van der Waals surface area contributed by atoms with Gasteiger partial charge in [0.15, 0.2) is 0 Å². The van der Waals surface area contributed by atoms with Crippen LogP contribution >= 0.6 is 22.3 Å². The first kappa shape index (κ1) is 39.4. The van der Waals surface area contributed by atoms with Gasteiger partial charge in [-0.2, -0.15) is 0 Å². The SMILES string of the molecule is O=P([O-])([O-])O.c1ccc([P+](c2ccccc2)(c2ccccc2)c2ccccc2)cc1.c1ccc([P+](c2ccccc2)(c2ccccc2)c2ccccc2)cc1. The molecule has 8 rings (SSSR count). The van der Waals surface area contributed by atoms with Crippen molar-refractivity contribution in [1.82, 2.24) is 0 Å². The monoisotopic (exact) mass is 774 g/mol. The number of hydrogen-bond acceptors (Lipinski definition) is 3. The lowest BCUT2D eigenvalue weighted by Gasteiger charge is -2.27. The molecule has 8 aromatic rings. The molecular weight excluding hydrogens is 733 g/mol. The zero-order valence-corrected chi connectivity index (χ0v) is 32.8. The van der Waals surface area contributed by atoms with E-state index in [0.29, 0.717) is 0 Å². The molecule has 0 bridgehead atoms. The van der Waals surface area contributed by atoms with Crippen LogP contribution < -0.4 is 52.2 Å². The second kappa shape index (κ2) is 18.9. The van der Waals surface area contributed by atoms with Crippen molar-refractivity contribution in [3.05, 3.63) is 243 Å². The predicted molar refractivity (Wildman–Crippen MR) is 232 cm³/mol. The normalized spacial score (nSPS) is 11.3. The Hall–Kier alpha value is -5.27. The van der Waals surface area contributed by atoms with Gasteiger partial charge in [0, 0.05) is 0 Å². The smallest absolute Gasteiger partial charge is 0.144 e. The van der Waals surface area contributed by atoms with Gasteiger partial charge in [0.25, 0.3) is 0 Å². The van der Waals surface area contributed by atoms with E-state index >= 15 is 0 Å². The van der Waals surface area contributed by atoms with E-state index in [4.69, 9.17) is 19.2 Å². The molecule has 0 unspecified atom stereocenters. The fourth-order valence-electron chi connectivity index (χ4n) is 7.00.